The molecule has 0 aliphatic heterocycles. The van der Waals surface area contributed by atoms with Gasteiger partial charge >= 0.3 is 0 Å². The highest BCUT2D eigenvalue weighted by molar-refractivity contribution is 5.90. The Bertz CT molecular complexity index is 556. The summed E-state index contributed by atoms with van der Waals surface area (Å²) in [5.41, 5.74) is 0.879. The van der Waals surface area contributed by atoms with Gasteiger partial charge in [-0.15, -0.1) is 0 Å². The number of anilines is 2. The minimum Gasteiger partial charge on any atom is -0.394 e. The molecule has 19 heavy (non-hydrogen) atoms. The highest BCUT2D eigenvalue weighted by Crippen LogP contribution is 2.23. The molecule has 1 atom stereocenters. The van der Waals surface area contributed by atoms with E-state index in [2.05, 4.69) is 34.4 Å². The highest BCUT2D eigenvalue weighted by Gasteiger charge is 2.15. The Balaban J connectivity index is 2.45. The van der Waals surface area contributed by atoms with E-state index in [4.69, 9.17) is 0 Å². The zero-order valence-electron chi connectivity index (χ0n) is 11.5. The molecule has 0 bridgehead atoms. The number of hydrogen-bond donors (Lipinski definition) is 3. The van der Waals surface area contributed by atoms with Crippen LogP contribution >= 0.6 is 0 Å². The third-order valence-corrected chi connectivity index (χ3v) is 3.15. The fraction of sp³-hybridized carbons (Fsp3) is 0.429. The number of nitrogens with zero attached hydrogens (tertiary/aromatic N) is 2. The largest absolute Gasteiger partial charge is 0.394 e. The maximum absolute atomic E-state index is 9.43. The lowest BCUT2D eigenvalue weighted by Gasteiger charge is -2.21. The van der Waals surface area contributed by atoms with Gasteiger partial charge < -0.3 is 15.7 Å². The van der Waals surface area contributed by atoms with Gasteiger partial charge in [0.2, 0.25) is 5.95 Å². The lowest BCUT2D eigenvalue weighted by atomic mass is 10.1. The molecule has 0 aliphatic carbocycles. The van der Waals surface area contributed by atoms with Gasteiger partial charge in [0.15, 0.2) is 0 Å². The normalized spacial score (nSPS) is 12.7. The van der Waals surface area contributed by atoms with Crippen molar-refractivity contribution in [3.8, 4) is 0 Å². The number of aliphatic hydroxyl groups is 1. The lowest BCUT2D eigenvalue weighted by molar-refractivity contribution is 0.249. The Morgan fingerprint density at radius 1 is 1.21 bits per heavy atom. The number of aliphatic hydroxyl groups excluding tert-OH is 1. The van der Waals surface area contributed by atoms with E-state index in [1.54, 1.807) is 7.05 Å². The minimum atomic E-state index is -0.0250. The van der Waals surface area contributed by atoms with Crippen LogP contribution in [0.3, 0.4) is 0 Å². The van der Waals surface area contributed by atoms with Gasteiger partial charge in [0.05, 0.1) is 18.2 Å². The Morgan fingerprint density at radius 2 is 1.95 bits per heavy atom. The zero-order chi connectivity index (χ0) is 13.8. The van der Waals surface area contributed by atoms with E-state index in [0.717, 1.165) is 16.7 Å². The van der Waals surface area contributed by atoms with Crippen LogP contribution in [0, 0.1) is 5.92 Å². The summed E-state index contributed by atoms with van der Waals surface area (Å²) in [6.07, 6.45) is 0. The van der Waals surface area contributed by atoms with Gasteiger partial charge in [-0.1, -0.05) is 26.0 Å². The SMILES string of the molecule is CNc1nc(NC(CO)C(C)C)c2ccccc2n1. The van der Waals surface area contributed by atoms with Crippen molar-refractivity contribution >= 4 is 22.7 Å². The first-order valence-electron chi connectivity index (χ1n) is 6.47. The van der Waals surface area contributed by atoms with Crippen molar-refractivity contribution in [1.82, 2.24) is 9.97 Å². The molecule has 1 aromatic carbocycles. The van der Waals surface area contributed by atoms with Gasteiger partial charge in [0, 0.05) is 12.4 Å². The molecule has 5 nitrogen and oxygen atoms in total. The second-order valence-electron chi connectivity index (χ2n) is 4.84. The minimum absolute atomic E-state index is 0.0250. The molecule has 2 rings (SSSR count). The molecule has 0 saturated heterocycles. The molecule has 1 aromatic heterocycles. The van der Waals surface area contributed by atoms with Crippen LogP contribution < -0.4 is 10.6 Å². The molecule has 0 saturated carbocycles. The second kappa shape index (κ2) is 5.84. The summed E-state index contributed by atoms with van der Waals surface area (Å²) >= 11 is 0. The summed E-state index contributed by atoms with van der Waals surface area (Å²) < 4.78 is 0. The predicted octanol–water partition coefficient (Wildman–Crippen LogP) is 2.10. The topological polar surface area (TPSA) is 70.1 Å². The molecule has 0 fully saturated rings. The molecule has 5 heteroatoms. The molecule has 1 unspecified atom stereocenters. The Morgan fingerprint density at radius 3 is 2.58 bits per heavy atom. The van der Waals surface area contributed by atoms with Crippen molar-refractivity contribution < 1.29 is 5.11 Å². The Hall–Kier alpha value is -1.88. The fourth-order valence-electron chi connectivity index (χ4n) is 1.90. The Kier molecular flexibility index (Phi) is 4.16. The zero-order valence-corrected chi connectivity index (χ0v) is 11.5. The van der Waals surface area contributed by atoms with Crippen LogP contribution in [0.25, 0.3) is 10.9 Å². The first-order valence-corrected chi connectivity index (χ1v) is 6.47. The van der Waals surface area contributed by atoms with Gasteiger partial charge in [-0.25, -0.2) is 4.98 Å². The summed E-state index contributed by atoms with van der Waals surface area (Å²) in [7, 11) is 1.79. The van der Waals surface area contributed by atoms with Crippen LogP contribution in [0.4, 0.5) is 11.8 Å². The standard InChI is InChI=1S/C14H20N4O/c1-9(2)12(8-19)16-13-10-6-4-5-7-11(10)17-14(15-3)18-13/h4-7,9,12,19H,8H2,1-3H3,(H2,15,16,17,18). The molecule has 102 valence electrons. The van der Waals surface area contributed by atoms with E-state index in [9.17, 15) is 5.11 Å². The van der Waals surface area contributed by atoms with Crippen molar-refractivity contribution in [1.29, 1.82) is 0 Å². The third-order valence-electron chi connectivity index (χ3n) is 3.15. The third kappa shape index (κ3) is 2.93. The summed E-state index contributed by atoms with van der Waals surface area (Å²) in [5.74, 6) is 1.64. The molecule has 1 heterocycles. The number of aromatic nitrogens is 2. The maximum Gasteiger partial charge on any atom is 0.224 e. The quantitative estimate of drug-likeness (QED) is 0.768. The molecule has 0 amide bonds. The predicted molar refractivity (Wildman–Crippen MR) is 78.4 cm³/mol. The van der Waals surface area contributed by atoms with Gasteiger partial charge in [-0.2, -0.15) is 4.98 Å². The van der Waals surface area contributed by atoms with E-state index in [1.807, 2.05) is 24.3 Å². The van der Waals surface area contributed by atoms with E-state index >= 15 is 0 Å². The first-order chi connectivity index (χ1) is 9.15. The van der Waals surface area contributed by atoms with Gasteiger partial charge in [0.1, 0.15) is 5.82 Å². The number of para-hydroxylation sites is 1. The van der Waals surface area contributed by atoms with Crippen LogP contribution in [-0.4, -0.2) is 34.8 Å². The number of hydrogen-bond acceptors (Lipinski definition) is 5. The Labute approximate surface area is 113 Å². The highest BCUT2D eigenvalue weighted by atomic mass is 16.3. The summed E-state index contributed by atoms with van der Waals surface area (Å²) in [6.45, 7) is 4.21. The molecular weight excluding hydrogens is 240 g/mol. The number of nitrogens with one attached hydrogen (secondary N) is 2. The van der Waals surface area contributed by atoms with Crippen LogP contribution in [0.5, 0.6) is 0 Å². The summed E-state index contributed by atoms with van der Waals surface area (Å²) in [4.78, 5) is 8.85. The van der Waals surface area contributed by atoms with E-state index < -0.39 is 0 Å². The van der Waals surface area contributed by atoms with Crippen LogP contribution in [0.1, 0.15) is 13.8 Å². The molecule has 0 spiro atoms. The van der Waals surface area contributed by atoms with Crippen molar-refractivity contribution in [2.75, 3.05) is 24.3 Å². The van der Waals surface area contributed by atoms with Gasteiger partial charge in [0.25, 0.3) is 0 Å². The van der Waals surface area contributed by atoms with Crippen LogP contribution in [0.15, 0.2) is 24.3 Å². The lowest BCUT2D eigenvalue weighted by Crippen LogP contribution is -2.30. The second-order valence-corrected chi connectivity index (χ2v) is 4.84. The van der Waals surface area contributed by atoms with Crippen LogP contribution in [0.2, 0.25) is 0 Å². The first kappa shape index (κ1) is 13.5. The fourth-order valence-corrected chi connectivity index (χ4v) is 1.90. The average molecular weight is 260 g/mol. The number of fused-ring (bicyclic) bond motifs is 1. The van der Waals surface area contributed by atoms with Gasteiger partial charge in [-0.05, 0) is 18.1 Å². The molecule has 3 N–H and O–H groups in total. The van der Waals surface area contributed by atoms with Crippen molar-refractivity contribution in [3.05, 3.63) is 24.3 Å². The van der Waals surface area contributed by atoms with E-state index in [-0.39, 0.29) is 12.6 Å². The maximum atomic E-state index is 9.43. The van der Waals surface area contributed by atoms with Gasteiger partial charge in [-0.3, -0.25) is 0 Å². The summed E-state index contributed by atoms with van der Waals surface area (Å²) in [5, 5.41) is 16.7. The molecule has 0 aliphatic rings. The monoisotopic (exact) mass is 260 g/mol. The van der Waals surface area contributed by atoms with Crippen molar-refractivity contribution in [2.24, 2.45) is 5.92 Å². The van der Waals surface area contributed by atoms with Crippen molar-refractivity contribution in [2.45, 2.75) is 19.9 Å². The molecule has 2 aromatic rings. The number of rotatable bonds is 5. The molecule has 0 radical (unpaired) electrons. The smallest absolute Gasteiger partial charge is 0.224 e. The van der Waals surface area contributed by atoms with Crippen molar-refractivity contribution in [3.63, 3.8) is 0 Å². The number of benzene rings is 1. The average Bonchev–Trinajstić information content (AvgIpc) is 2.43. The van der Waals surface area contributed by atoms with E-state index in [0.29, 0.717) is 11.9 Å². The van der Waals surface area contributed by atoms with Crippen LogP contribution in [-0.2, 0) is 0 Å². The van der Waals surface area contributed by atoms with E-state index in [1.165, 1.54) is 0 Å². The summed E-state index contributed by atoms with van der Waals surface area (Å²) in [6, 6.07) is 7.81. The molecular formula is C14H20N4O.